The normalized spacial score (nSPS) is 10.5. The summed E-state index contributed by atoms with van der Waals surface area (Å²) in [6, 6.07) is 12.2. The second kappa shape index (κ2) is 6.34. The lowest BCUT2D eigenvalue weighted by atomic mass is 10.1. The van der Waals surface area contributed by atoms with E-state index in [2.05, 4.69) is 18.3 Å². The van der Waals surface area contributed by atoms with Crippen molar-refractivity contribution in [1.82, 2.24) is 5.32 Å². The first kappa shape index (κ1) is 13.6. The highest BCUT2D eigenvalue weighted by molar-refractivity contribution is 5.40. The molecule has 0 heterocycles. The Morgan fingerprint density at radius 1 is 1.11 bits per heavy atom. The lowest BCUT2D eigenvalue weighted by Gasteiger charge is -2.11. The summed E-state index contributed by atoms with van der Waals surface area (Å²) in [4.78, 5) is 0. The average molecular weight is 259 g/mol. The predicted molar refractivity (Wildman–Crippen MR) is 75.0 cm³/mol. The van der Waals surface area contributed by atoms with Crippen LogP contribution in [-0.4, -0.2) is 6.54 Å². The smallest absolute Gasteiger partial charge is 0.130 e. The van der Waals surface area contributed by atoms with Gasteiger partial charge in [0.2, 0.25) is 0 Å². The molecule has 0 atom stereocenters. The zero-order valence-corrected chi connectivity index (χ0v) is 11.2. The van der Waals surface area contributed by atoms with Crippen molar-refractivity contribution in [1.29, 1.82) is 0 Å². The molecule has 1 N–H and O–H groups in total. The zero-order chi connectivity index (χ0) is 13.7. The maximum atomic E-state index is 12.8. The first-order valence-electron chi connectivity index (χ1n) is 6.42. The third kappa shape index (κ3) is 3.80. The Bertz CT molecular complexity index is 537. The van der Waals surface area contributed by atoms with Crippen molar-refractivity contribution < 1.29 is 9.13 Å². The van der Waals surface area contributed by atoms with Crippen LogP contribution in [0.3, 0.4) is 0 Å². The van der Waals surface area contributed by atoms with Crippen LogP contribution in [0.25, 0.3) is 0 Å². The molecule has 2 nitrogen and oxygen atoms in total. The highest BCUT2D eigenvalue weighted by Crippen LogP contribution is 2.26. The number of halogens is 1. The number of hydrogen-bond acceptors (Lipinski definition) is 2. The van der Waals surface area contributed by atoms with Gasteiger partial charge in [0, 0.05) is 6.54 Å². The monoisotopic (exact) mass is 259 g/mol. The van der Waals surface area contributed by atoms with E-state index < -0.39 is 0 Å². The molecule has 3 heteroatoms. The largest absolute Gasteiger partial charge is 0.457 e. The van der Waals surface area contributed by atoms with Crippen LogP contribution in [0.2, 0.25) is 0 Å². The fourth-order valence-corrected chi connectivity index (χ4v) is 1.76. The molecule has 0 aromatic heterocycles. The van der Waals surface area contributed by atoms with Gasteiger partial charge in [-0.3, -0.25) is 0 Å². The summed E-state index contributed by atoms with van der Waals surface area (Å²) < 4.78 is 18.6. The molecule has 0 saturated heterocycles. The lowest BCUT2D eigenvalue weighted by Crippen LogP contribution is -2.11. The molecule has 0 spiro atoms. The molecule has 0 aliphatic carbocycles. The Morgan fingerprint density at radius 2 is 1.84 bits per heavy atom. The summed E-state index contributed by atoms with van der Waals surface area (Å²) in [5.74, 6) is 1.19. The van der Waals surface area contributed by atoms with Crippen LogP contribution in [0.4, 0.5) is 4.39 Å². The molecule has 0 radical (unpaired) electrons. The third-order valence-corrected chi connectivity index (χ3v) is 2.87. The predicted octanol–water partition coefficient (Wildman–Crippen LogP) is 4.04. The number of benzene rings is 2. The molecule has 0 aliphatic heterocycles. The third-order valence-electron chi connectivity index (χ3n) is 2.87. The van der Waals surface area contributed by atoms with E-state index in [1.165, 1.54) is 17.7 Å². The van der Waals surface area contributed by atoms with Crippen LogP contribution in [0.15, 0.2) is 42.5 Å². The van der Waals surface area contributed by atoms with Crippen molar-refractivity contribution >= 4 is 0 Å². The Kier molecular flexibility index (Phi) is 4.53. The van der Waals surface area contributed by atoms with E-state index in [4.69, 9.17) is 4.74 Å². The van der Waals surface area contributed by atoms with Gasteiger partial charge in [-0.15, -0.1) is 0 Å². The van der Waals surface area contributed by atoms with Gasteiger partial charge < -0.3 is 10.1 Å². The molecule has 100 valence electrons. The number of nitrogens with one attached hydrogen (secondary N) is 1. The van der Waals surface area contributed by atoms with Gasteiger partial charge in [-0.05, 0) is 54.9 Å². The minimum absolute atomic E-state index is 0.259. The molecule has 0 fully saturated rings. The summed E-state index contributed by atoms with van der Waals surface area (Å²) in [5, 5.41) is 3.28. The van der Waals surface area contributed by atoms with Crippen LogP contribution in [0.1, 0.15) is 18.1 Å². The first-order valence-corrected chi connectivity index (χ1v) is 6.42. The summed E-state index contributed by atoms with van der Waals surface area (Å²) in [6.45, 7) is 5.82. The van der Waals surface area contributed by atoms with Crippen LogP contribution in [-0.2, 0) is 6.54 Å². The van der Waals surface area contributed by atoms with Gasteiger partial charge in [-0.25, -0.2) is 4.39 Å². The molecule has 2 rings (SSSR count). The number of aryl methyl sites for hydroxylation is 1. The molecule has 2 aromatic carbocycles. The second-order valence-corrected chi connectivity index (χ2v) is 4.44. The van der Waals surface area contributed by atoms with Crippen molar-refractivity contribution in [2.75, 3.05) is 6.54 Å². The van der Waals surface area contributed by atoms with E-state index in [0.29, 0.717) is 5.75 Å². The highest BCUT2D eigenvalue weighted by Gasteiger charge is 2.03. The summed E-state index contributed by atoms with van der Waals surface area (Å²) in [6.07, 6.45) is 0. The molecule has 0 aliphatic rings. The number of rotatable bonds is 5. The van der Waals surface area contributed by atoms with Crippen LogP contribution in [0.5, 0.6) is 11.5 Å². The Hall–Kier alpha value is -1.87. The SMILES string of the molecule is CCNCc1ccc(C)c(Oc2ccc(F)cc2)c1. The Labute approximate surface area is 113 Å². The van der Waals surface area contributed by atoms with Gasteiger partial charge in [0.05, 0.1) is 0 Å². The van der Waals surface area contributed by atoms with Gasteiger partial charge in [0.25, 0.3) is 0 Å². The fraction of sp³-hybridized carbons (Fsp3) is 0.250. The topological polar surface area (TPSA) is 21.3 Å². The average Bonchev–Trinajstić information content (AvgIpc) is 2.42. The van der Waals surface area contributed by atoms with Gasteiger partial charge in [-0.1, -0.05) is 19.1 Å². The molecule has 19 heavy (non-hydrogen) atoms. The number of hydrogen-bond donors (Lipinski definition) is 1. The fourth-order valence-electron chi connectivity index (χ4n) is 1.76. The summed E-state index contributed by atoms with van der Waals surface area (Å²) in [5.41, 5.74) is 2.23. The molecule has 0 saturated carbocycles. The standard InChI is InChI=1S/C16H18FNO/c1-3-18-11-13-5-4-12(2)16(10-13)19-15-8-6-14(17)7-9-15/h4-10,18H,3,11H2,1-2H3. The van der Waals surface area contributed by atoms with Crippen molar-refractivity contribution in [3.63, 3.8) is 0 Å². The maximum Gasteiger partial charge on any atom is 0.130 e. The first-order chi connectivity index (χ1) is 9.19. The number of ether oxygens (including phenoxy) is 1. The van der Waals surface area contributed by atoms with E-state index in [-0.39, 0.29) is 5.82 Å². The van der Waals surface area contributed by atoms with Crippen molar-refractivity contribution in [3.05, 3.63) is 59.4 Å². The van der Waals surface area contributed by atoms with E-state index >= 15 is 0 Å². The molecule has 0 amide bonds. The Morgan fingerprint density at radius 3 is 2.53 bits per heavy atom. The maximum absolute atomic E-state index is 12.8. The minimum Gasteiger partial charge on any atom is -0.457 e. The molecule has 0 unspecified atom stereocenters. The molecule has 0 bridgehead atoms. The molecular weight excluding hydrogens is 241 g/mol. The van der Waals surface area contributed by atoms with Gasteiger partial charge >= 0.3 is 0 Å². The Balaban J connectivity index is 2.16. The van der Waals surface area contributed by atoms with Gasteiger partial charge in [0.15, 0.2) is 0 Å². The minimum atomic E-state index is -0.259. The van der Waals surface area contributed by atoms with E-state index in [1.807, 2.05) is 19.1 Å². The van der Waals surface area contributed by atoms with Gasteiger partial charge in [-0.2, -0.15) is 0 Å². The summed E-state index contributed by atoms with van der Waals surface area (Å²) >= 11 is 0. The van der Waals surface area contributed by atoms with Crippen LogP contribution in [0, 0.1) is 12.7 Å². The molecular formula is C16H18FNO. The van der Waals surface area contributed by atoms with Crippen LogP contribution >= 0.6 is 0 Å². The van der Waals surface area contributed by atoms with E-state index in [0.717, 1.165) is 24.4 Å². The van der Waals surface area contributed by atoms with Crippen LogP contribution < -0.4 is 10.1 Å². The quantitative estimate of drug-likeness (QED) is 0.875. The second-order valence-electron chi connectivity index (χ2n) is 4.44. The highest BCUT2D eigenvalue weighted by atomic mass is 19.1. The zero-order valence-electron chi connectivity index (χ0n) is 11.2. The van der Waals surface area contributed by atoms with Crippen molar-refractivity contribution in [2.45, 2.75) is 20.4 Å². The summed E-state index contributed by atoms with van der Waals surface area (Å²) in [7, 11) is 0. The van der Waals surface area contributed by atoms with Gasteiger partial charge in [0.1, 0.15) is 17.3 Å². The van der Waals surface area contributed by atoms with Crippen molar-refractivity contribution in [2.24, 2.45) is 0 Å². The van der Waals surface area contributed by atoms with E-state index in [9.17, 15) is 4.39 Å². The lowest BCUT2D eigenvalue weighted by molar-refractivity contribution is 0.476. The van der Waals surface area contributed by atoms with E-state index in [1.54, 1.807) is 12.1 Å². The van der Waals surface area contributed by atoms with Crippen molar-refractivity contribution in [3.8, 4) is 11.5 Å². The molecule has 2 aromatic rings.